The van der Waals surface area contributed by atoms with Crippen LogP contribution in [0.25, 0.3) is 0 Å². The number of halogens is 8. The molecule has 25 heteroatoms. The fraction of sp³-hybridized carbons (Fsp3) is 0.571. The van der Waals surface area contributed by atoms with Gasteiger partial charge in [-0.05, 0) is 180 Å². The van der Waals surface area contributed by atoms with Crippen molar-refractivity contribution in [2.24, 2.45) is 47.3 Å². The second-order valence-corrected chi connectivity index (χ2v) is 22.1. The smallest absolute Gasteiger partial charge is 0.394 e. The first-order chi connectivity index (χ1) is 38.2. The van der Waals surface area contributed by atoms with Gasteiger partial charge in [-0.2, -0.15) is 36.5 Å². The Bertz CT molecular complexity index is 3030. The Hall–Kier alpha value is -6.92. The molecule has 0 radical (unpaired) electrons. The Kier molecular flexibility index (Phi) is 17.7. The second-order valence-electron chi connectivity index (χ2n) is 22.1. The summed E-state index contributed by atoms with van der Waals surface area (Å²) in [6.07, 6.45) is -3.78. The predicted molar refractivity (Wildman–Crippen MR) is 279 cm³/mol. The molecule has 0 aliphatic heterocycles. The van der Waals surface area contributed by atoms with Crippen LogP contribution in [0.1, 0.15) is 128 Å². The number of amides is 6. The summed E-state index contributed by atoms with van der Waals surface area (Å²) in [5.74, 6) is -11.6. The number of nitrogens with one attached hydrogen (secondary N) is 5. The molecule has 0 bridgehead atoms. The molecule has 4 saturated carbocycles. The van der Waals surface area contributed by atoms with Gasteiger partial charge in [-0.25, -0.2) is 8.78 Å². The van der Waals surface area contributed by atoms with Gasteiger partial charge in [0.2, 0.25) is 23.6 Å². The van der Waals surface area contributed by atoms with Gasteiger partial charge in [-0.15, -0.1) is 0 Å². The highest BCUT2D eigenvalue weighted by Gasteiger charge is 2.64. The Morgan fingerprint density at radius 1 is 0.679 bits per heavy atom. The summed E-state index contributed by atoms with van der Waals surface area (Å²) < 4.78 is 120. The monoisotopic (exact) mass is 1140 g/mol. The van der Waals surface area contributed by atoms with Gasteiger partial charge in [0, 0.05) is 39.1 Å². The van der Waals surface area contributed by atoms with E-state index >= 15 is 8.78 Å². The van der Waals surface area contributed by atoms with E-state index in [-0.39, 0.29) is 71.1 Å². The van der Waals surface area contributed by atoms with Crippen LogP contribution in [0.3, 0.4) is 0 Å². The molecule has 6 amide bonds. The minimum absolute atomic E-state index is 0.0150. The van der Waals surface area contributed by atoms with Crippen molar-refractivity contribution < 1.29 is 69.0 Å². The fourth-order valence-electron chi connectivity index (χ4n) is 12.0. The van der Waals surface area contributed by atoms with Crippen molar-refractivity contribution in [2.45, 2.75) is 135 Å². The second kappa shape index (κ2) is 23.9. The van der Waals surface area contributed by atoms with Crippen molar-refractivity contribution in [1.29, 1.82) is 0 Å². The van der Waals surface area contributed by atoms with Gasteiger partial charge < -0.3 is 36.6 Å². The molecule has 0 spiro atoms. The fourth-order valence-corrected chi connectivity index (χ4v) is 12.0. The Morgan fingerprint density at radius 2 is 1.14 bits per heavy atom. The van der Waals surface area contributed by atoms with Crippen LogP contribution in [-0.2, 0) is 38.4 Å². The third-order valence-electron chi connectivity index (χ3n) is 16.8. The van der Waals surface area contributed by atoms with Gasteiger partial charge in [0.1, 0.15) is 41.1 Å². The molecule has 0 saturated heterocycles. The maximum Gasteiger partial charge on any atom is 0.416 e. The van der Waals surface area contributed by atoms with E-state index in [1.807, 2.05) is 6.92 Å². The van der Waals surface area contributed by atoms with Crippen LogP contribution in [0, 0.1) is 65.9 Å². The first-order valence-electron chi connectivity index (χ1n) is 27.4. The van der Waals surface area contributed by atoms with E-state index < -0.39 is 119 Å². The third kappa shape index (κ3) is 13.2. The molecule has 2 aromatic heterocycles. The normalized spacial score (nSPS) is 21.3. The van der Waals surface area contributed by atoms with Gasteiger partial charge in [0.05, 0.1) is 35.4 Å². The summed E-state index contributed by atoms with van der Waals surface area (Å²) >= 11 is 0. The Balaban J connectivity index is 1.07. The van der Waals surface area contributed by atoms with Crippen molar-refractivity contribution >= 4 is 46.8 Å². The number of hydrogen-bond acceptors (Lipinski definition) is 9. The summed E-state index contributed by atoms with van der Waals surface area (Å²) in [5.41, 5.74) is -2.54. The van der Waals surface area contributed by atoms with Gasteiger partial charge >= 0.3 is 12.4 Å². The first kappa shape index (κ1) is 60.2. The molecule has 4 aromatic rings. The maximum absolute atomic E-state index is 16.1. The van der Waals surface area contributed by atoms with Crippen molar-refractivity contribution in [3.05, 3.63) is 94.1 Å². The quantitative estimate of drug-likeness (QED) is 0.0374. The molecule has 6 N–H and O–H groups in total. The summed E-state index contributed by atoms with van der Waals surface area (Å²) in [5, 5.41) is 29.8. The largest absolute Gasteiger partial charge is 0.416 e. The molecule has 11 atom stereocenters. The molecule has 2 heterocycles. The number of aliphatic hydroxyl groups excluding tert-OH is 1. The van der Waals surface area contributed by atoms with Gasteiger partial charge in [0.25, 0.3) is 11.8 Å². The Labute approximate surface area is 462 Å². The van der Waals surface area contributed by atoms with Crippen LogP contribution in [0.2, 0.25) is 0 Å². The summed E-state index contributed by atoms with van der Waals surface area (Å²) in [4.78, 5) is 85.2. The molecule has 81 heavy (non-hydrogen) atoms. The molecule has 4 aliphatic carbocycles. The number of carbonyl (C=O) groups is 6. The van der Waals surface area contributed by atoms with Crippen molar-refractivity contribution in [2.75, 3.05) is 30.8 Å². The SMILES string of the molecule is CCN(C)C(=O)C(C)c1cc(F)c(NC(=O)[C@@H](NC(=O)c2ccnn2CC)C(C2CC2)C2CC2C2CC2C(C2CC2)[C@H](NC(=O)c2ccnn2CC)C(=O)Nc2cc(C(F)(F)F)c(C(C)C(=O)NC(CO)C(F)(F)F)cc2F)cc1C. The summed E-state index contributed by atoms with van der Waals surface area (Å²) in [6.45, 7) is 8.99. The lowest BCUT2D eigenvalue weighted by Gasteiger charge is -2.29. The lowest BCUT2D eigenvalue weighted by atomic mass is 9.84. The van der Waals surface area contributed by atoms with E-state index in [1.165, 1.54) is 56.2 Å². The molecule has 8 rings (SSSR count). The summed E-state index contributed by atoms with van der Waals surface area (Å²) in [6, 6.07) is 0.712. The van der Waals surface area contributed by atoms with E-state index in [0.717, 1.165) is 19.8 Å². The molecule has 9 unspecified atom stereocenters. The third-order valence-corrected chi connectivity index (χ3v) is 16.8. The Morgan fingerprint density at radius 3 is 1.54 bits per heavy atom. The number of aromatic nitrogens is 4. The molecular formula is C56H68F8N10O7. The molecule has 4 fully saturated rings. The molecule has 17 nitrogen and oxygen atoms in total. The van der Waals surface area contributed by atoms with Crippen LogP contribution in [0.4, 0.5) is 46.5 Å². The highest BCUT2D eigenvalue weighted by Crippen LogP contribution is 2.67. The molecule has 4 aliphatic rings. The van der Waals surface area contributed by atoms with Crippen LogP contribution in [-0.4, -0.2) is 110 Å². The number of hydrogen-bond donors (Lipinski definition) is 6. The van der Waals surface area contributed by atoms with E-state index in [1.54, 1.807) is 34.7 Å². The number of carbonyl (C=O) groups excluding carboxylic acids is 6. The average molecular weight is 1150 g/mol. The zero-order valence-electron chi connectivity index (χ0n) is 45.9. The standard InChI is InChI=1S/C56H68F8N10O7/c1-8-72(7)54(81)28(6)31-22-38(57)40(19-26(31)4)67-52(79)47(70-50(77)42-15-17-65-73(42)9-2)45(29-11-12-29)35-20-33(35)34-21-36(34)46(30-13-14-30)48(71-51(78)43-16-18-66-74(43)10-3)53(80)68-41-24-37(55(59,60)61)32(23-39(41)58)27(5)49(76)69-44(25-75)56(62,63)64/h15-19,22-24,27-30,33-36,44-48,75H,8-14,20-21,25H2,1-7H3,(H,67,79)(H,68,80)(H,69,76)(H,70,77)(H,71,78)/t27?,28?,33?,34?,35?,36?,44?,45?,46?,47-,48-/m0/s1. The highest BCUT2D eigenvalue weighted by molar-refractivity contribution is 6.02. The van der Waals surface area contributed by atoms with Crippen LogP contribution in [0.15, 0.2) is 48.8 Å². The predicted octanol–water partition coefficient (Wildman–Crippen LogP) is 7.95. The topological polar surface area (TPSA) is 222 Å². The van der Waals surface area contributed by atoms with E-state index in [9.17, 15) is 60.2 Å². The summed E-state index contributed by atoms with van der Waals surface area (Å²) in [7, 11) is 1.65. The van der Waals surface area contributed by atoms with Crippen molar-refractivity contribution in [1.82, 2.24) is 40.4 Å². The zero-order chi connectivity index (χ0) is 59.2. The van der Waals surface area contributed by atoms with Gasteiger partial charge in [-0.1, -0.05) is 0 Å². The number of likely N-dealkylation sites (N-methyl/N-ethyl adjacent to an activating group) is 1. The van der Waals surface area contributed by atoms with Gasteiger partial charge in [-0.3, -0.25) is 38.1 Å². The van der Waals surface area contributed by atoms with Crippen LogP contribution in [0.5, 0.6) is 0 Å². The number of nitrogens with zero attached hydrogens (tertiary/aromatic N) is 5. The first-order valence-corrected chi connectivity index (χ1v) is 27.4. The number of aliphatic hydroxyl groups is 1. The number of benzene rings is 2. The molecule has 440 valence electrons. The van der Waals surface area contributed by atoms with Crippen molar-refractivity contribution in [3.8, 4) is 0 Å². The van der Waals surface area contributed by atoms with Crippen LogP contribution < -0.4 is 26.6 Å². The van der Waals surface area contributed by atoms with Gasteiger partial charge in [0.15, 0.2) is 0 Å². The van der Waals surface area contributed by atoms with E-state index in [2.05, 4.69) is 31.5 Å². The molecular weight excluding hydrogens is 1080 g/mol. The minimum Gasteiger partial charge on any atom is -0.394 e. The number of rotatable bonds is 24. The van der Waals surface area contributed by atoms with Crippen molar-refractivity contribution in [3.63, 3.8) is 0 Å². The number of alkyl halides is 6. The van der Waals surface area contributed by atoms with Crippen LogP contribution >= 0.6 is 0 Å². The lowest BCUT2D eigenvalue weighted by molar-refractivity contribution is -0.169. The maximum atomic E-state index is 16.1. The van der Waals surface area contributed by atoms with E-state index in [4.69, 9.17) is 0 Å². The number of aryl methyl sites for hydroxylation is 3. The number of anilines is 2. The average Bonchev–Trinajstić information content (AvgIpc) is 2.82. The zero-order valence-corrected chi connectivity index (χ0v) is 45.9. The highest BCUT2D eigenvalue weighted by atomic mass is 19.4. The lowest BCUT2D eigenvalue weighted by Crippen LogP contribution is -2.51. The minimum atomic E-state index is -5.32. The molecule has 2 aromatic carbocycles. The van der Waals surface area contributed by atoms with E-state index in [0.29, 0.717) is 56.0 Å².